The smallest absolute Gasteiger partial charge is 0.202 e. The second-order valence-corrected chi connectivity index (χ2v) is 10.7. The minimum atomic E-state index is -0.999. The number of benzene rings is 2. The average molecular weight is 526 g/mol. The summed E-state index contributed by atoms with van der Waals surface area (Å²) in [5, 5.41) is 33.1. The van der Waals surface area contributed by atoms with Crippen molar-refractivity contribution in [2.45, 2.75) is 70.7 Å². The van der Waals surface area contributed by atoms with E-state index >= 15 is 0 Å². The molecule has 0 bridgehead atoms. The highest BCUT2D eigenvalue weighted by Gasteiger charge is 2.48. The number of nitrogens with two attached hydrogens (primary N) is 1. The number of ketones is 3. The van der Waals surface area contributed by atoms with Crippen molar-refractivity contribution in [2.24, 2.45) is 11.1 Å². The number of phenolic OH excluding ortho intramolecular Hbond substituents is 2. The number of carbonyl (C=O) groups is 3. The normalized spacial score (nSPS) is 30.3. The highest BCUT2D eigenvalue weighted by atomic mass is 16.7. The molecule has 38 heavy (non-hydrogen) atoms. The fourth-order valence-corrected chi connectivity index (χ4v) is 5.86. The van der Waals surface area contributed by atoms with E-state index in [1.807, 2.05) is 0 Å². The fraction of sp³-hybridized carbons (Fsp3) is 0.464. The number of methoxy groups -OCH3 is 1. The van der Waals surface area contributed by atoms with E-state index < -0.39 is 59.1 Å². The van der Waals surface area contributed by atoms with Crippen molar-refractivity contribution in [1.82, 2.24) is 0 Å². The first kappa shape index (κ1) is 26.3. The predicted molar refractivity (Wildman–Crippen MR) is 133 cm³/mol. The van der Waals surface area contributed by atoms with Gasteiger partial charge >= 0.3 is 0 Å². The monoisotopic (exact) mass is 525 g/mol. The molecule has 202 valence electrons. The van der Waals surface area contributed by atoms with Crippen molar-refractivity contribution in [2.75, 3.05) is 7.11 Å². The summed E-state index contributed by atoms with van der Waals surface area (Å²) in [5.74, 6) is -2.28. The zero-order chi connectivity index (χ0) is 27.7. The van der Waals surface area contributed by atoms with Gasteiger partial charge in [0.1, 0.15) is 23.0 Å². The Kier molecular flexibility index (Phi) is 6.34. The SMILES string of the molecule is COc1cccc2c1C(=O)c1c(O)c3c(c(O)c1C2=O)C[C@@](C)(C(C)=O)C[C@@H]3OC1C[C@H](N)[C@H](O)[C@H](C)O1. The number of hydrogen-bond acceptors (Lipinski definition) is 10. The van der Waals surface area contributed by atoms with Gasteiger partial charge in [0.15, 0.2) is 12.1 Å². The molecule has 1 heterocycles. The lowest BCUT2D eigenvalue weighted by Crippen LogP contribution is -2.52. The van der Waals surface area contributed by atoms with Gasteiger partial charge in [-0.3, -0.25) is 14.4 Å². The Morgan fingerprint density at radius 1 is 1.13 bits per heavy atom. The zero-order valence-corrected chi connectivity index (χ0v) is 21.6. The molecular weight excluding hydrogens is 494 g/mol. The van der Waals surface area contributed by atoms with Gasteiger partial charge in [-0.25, -0.2) is 0 Å². The zero-order valence-electron chi connectivity index (χ0n) is 21.6. The second-order valence-electron chi connectivity index (χ2n) is 10.7. The van der Waals surface area contributed by atoms with E-state index in [4.69, 9.17) is 19.9 Å². The molecule has 0 aromatic heterocycles. The van der Waals surface area contributed by atoms with Crippen LogP contribution in [-0.4, -0.2) is 64.3 Å². The highest BCUT2D eigenvalue weighted by molar-refractivity contribution is 6.31. The molecule has 6 atom stereocenters. The Bertz CT molecular complexity index is 1360. The molecule has 1 unspecified atom stereocenters. The molecule has 1 saturated heterocycles. The number of aliphatic hydroxyl groups excluding tert-OH is 1. The number of aromatic hydroxyl groups is 2. The number of rotatable bonds is 4. The van der Waals surface area contributed by atoms with Crippen LogP contribution >= 0.6 is 0 Å². The standard InChI is InChI=1S/C28H31NO9/c1-11-23(31)15(29)8-18(37-11)38-17-10-28(3,12(2)30)9-14-20(17)27(35)22-21(25(14)33)24(32)13-6-5-7-16(36-4)19(13)26(22)34/h5-7,11,15,17-18,23,31,33,35H,8-10,29H2,1-4H3/t11-,15-,17-,18?,23+,28+/m0/s1. The molecule has 10 heteroatoms. The summed E-state index contributed by atoms with van der Waals surface area (Å²) < 4.78 is 17.3. The summed E-state index contributed by atoms with van der Waals surface area (Å²) in [6.45, 7) is 4.81. The van der Waals surface area contributed by atoms with Crippen LogP contribution in [0.3, 0.4) is 0 Å². The Balaban J connectivity index is 1.68. The fourth-order valence-electron chi connectivity index (χ4n) is 5.86. The maximum absolute atomic E-state index is 13.7. The first-order chi connectivity index (χ1) is 17.9. The van der Waals surface area contributed by atoms with Gasteiger partial charge < -0.3 is 35.3 Å². The molecule has 10 nitrogen and oxygen atoms in total. The molecule has 5 rings (SSSR count). The summed E-state index contributed by atoms with van der Waals surface area (Å²) >= 11 is 0. The van der Waals surface area contributed by atoms with Crippen molar-refractivity contribution in [1.29, 1.82) is 0 Å². The van der Waals surface area contributed by atoms with Gasteiger partial charge in [-0.15, -0.1) is 0 Å². The van der Waals surface area contributed by atoms with E-state index in [-0.39, 0.29) is 64.2 Å². The number of Topliss-reactive ketones (excluding diaryl/α,β-unsaturated/α-hetero) is 1. The number of hydrogen-bond donors (Lipinski definition) is 4. The van der Waals surface area contributed by atoms with Gasteiger partial charge in [0.2, 0.25) is 5.78 Å². The largest absolute Gasteiger partial charge is 0.507 e. The number of ether oxygens (including phenoxy) is 3. The summed E-state index contributed by atoms with van der Waals surface area (Å²) in [7, 11) is 1.37. The predicted octanol–water partition coefficient (Wildman–Crippen LogP) is 2.30. The third-order valence-electron chi connectivity index (χ3n) is 8.20. The number of phenols is 2. The topological polar surface area (TPSA) is 166 Å². The third kappa shape index (κ3) is 3.82. The van der Waals surface area contributed by atoms with Gasteiger partial charge in [-0.05, 0) is 32.8 Å². The van der Waals surface area contributed by atoms with Crippen LogP contribution in [0.15, 0.2) is 18.2 Å². The molecule has 2 aromatic carbocycles. The van der Waals surface area contributed by atoms with Gasteiger partial charge in [0.05, 0.1) is 42.1 Å². The lowest BCUT2D eigenvalue weighted by Gasteiger charge is -2.42. The Hall–Kier alpha value is -3.31. The lowest BCUT2D eigenvalue weighted by atomic mass is 9.67. The van der Waals surface area contributed by atoms with Crippen molar-refractivity contribution >= 4 is 17.3 Å². The first-order valence-corrected chi connectivity index (χ1v) is 12.5. The lowest BCUT2D eigenvalue weighted by molar-refractivity contribution is -0.245. The highest BCUT2D eigenvalue weighted by Crippen LogP contribution is 2.54. The first-order valence-electron chi connectivity index (χ1n) is 12.5. The van der Waals surface area contributed by atoms with Gasteiger partial charge in [-0.1, -0.05) is 19.1 Å². The number of carbonyl (C=O) groups excluding carboxylic acids is 3. The summed E-state index contributed by atoms with van der Waals surface area (Å²) in [6, 6.07) is 3.93. The number of fused-ring (bicyclic) bond motifs is 3. The minimum Gasteiger partial charge on any atom is -0.507 e. The van der Waals surface area contributed by atoms with Crippen LogP contribution in [0.5, 0.6) is 17.2 Å². The van der Waals surface area contributed by atoms with Gasteiger partial charge in [-0.2, -0.15) is 0 Å². The molecule has 0 spiro atoms. The van der Waals surface area contributed by atoms with E-state index in [9.17, 15) is 29.7 Å². The van der Waals surface area contributed by atoms with E-state index in [2.05, 4.69) is 0 Å². The van der Waals surface area contributed by atoms with Crippen molar-refractivity contribution in [3.8, 4) is 17.2 Å². The molecule has 2 aliphatic carbocycles. The average Bonchev–Trinajstić information content (AvgIpc) is 2.87. The van der Waals surface area contributed by atoms with E-state index in [1.165, 1.54) is 26.2 Å². The van der Waals surface area contributed by atoms with E-state index in [1.54, 1.807) is 19.9 Å². The summed E-state index contributed by atoms with van der Waals surface area (Å²) in [6.07, 6.45) is -3.09. The molecule has 0 radical (unpaired) electrons. The van der Waals surface area contributed by atoms with Crippen LogP contribution in [0.25, 0.3) is 0 Å². The van der Waals surface area contributed by atoms with Crippen LogP contribution in [0, 0.1) is 5.41 Å². The third-order valence-corrected chi connectivity index (χ3v) is 8.20. The molecule has 0 amide bonds. The molecule has 1 aliphatic heterocycles. The van der Waals surface area contributed by atoms with Gasteiger partial charge in [0.25, 0.3) is 0 Å². The van der Waals surface area contributed by atoms with E-state index in [0.717, 1.165) is 0 Å². The van der Waals surface area contributed by atoms with Crippen molar-refractivity contribution < 1.29 is 43.9 Å². The molecule has 5 N–H and O–H groups in total. The second kappa shape index (κ2) is 9.16. The molecule has 2 aromatic rings. The summed E-state index contributed by atoms with van der Waals surface area (Å²) in [5.41, 5.74) is 4.74. The number of aliphatic hydroxyl groups is 1. The molecule has 1 fully saturated rings. The molecule has 0 saturated carbocycles. The van der Waals surface area contributed by atoms with Crippen LogP contribution < -0.4 is 10.5 Å². The Morgan fingerprint density at radius 2 is 1.82 bits per heavy atom. The van der Waals surface area contributed by atoms with Gasteiger partial charge in [0, 0.05) is 34.6 Å². The van der Waals surface area contributed by atoms with Crippen molar-refractivity contribution in [3.63, 3.8) is 0 Å². The molecule has 3 aliphatic rings. The van der Waals surface area contributed by atoms with Crippen LogP contribution in [-0.2, 0) is 20.7 Å². The van der Waals surface area contributed by atoms with Crippen LogP contribution in [0.4, 0.5) is 0 Å². The van der Waals surface area contributed by atoms with E-state index in [0.29, 0.717) is 0 Å². The maximum atomic E-state index is 13.7. The Morgan fingerprint density at radius 3 is 2.45 bits per heavy atom. The van der Waals surface area contributed by atoms with Crippen LogP contribution in [0.1, 0.15) is 82.7 Å². The molecular formula is C28H31NO9. The minimum absolute atomic E-state index is 0.00611. The quantitative estimate of drug-likeness (QED) is 0.371. The van der Waals surface area contributed by atoms with Crippen molar-refractivity contribution in [3.05, 3.63) is 51.6 Å². The van der Waals surface area contributed by atoms with Crippen LogP contribution in [0.2, 0.25) is 0 Å². The summed E-state index contributed by atoms with van der Waals surface area (Å²) in [4.78, 5) is 40.0. The Labute approximate surface area is 219 Å². The maximum Gasteiger partial charge on any atom is 0.202 e.